The first-order valence-corrected chi connectivity index (χ1v) is 6.45. The molecule has 0 spiro atoms. The van der Waals surface area contributed by atoms with Crippen LogP contribution in [0.4, 0.5) is 11.4 Å². The molecule has 1 amide bonds. The number of aryl methyl sites for hydroxylation is 1. The predicted octanol–water partition coefficient (Wildman–Crippen LogP) is 2.26. The molecule has 6 nitrogen and oxygen atoms in total. The number of fused-ring (bicyclic) bond motifs is 1. The van der Waals surface area contributed by atoms with Gasteiger partial charge in [-0.2, -0.15) is 0 Å². The van der Waals surface area contributed by atoms with Gasteiger partial charge < -0.3 is 20.2 Å². The van der Waals surface area contributed by atoms with Gasteiger partial charge in [0.05, 0.1) is 0 Å². The Kier molecular flexibility index (Phi) is 3.37. The van der Waals surface area contributed by atoms with Crippen molar-refractivity contribution in [3.05, 3.63) is 47.5 Å². The first-order valence-electron chi connectivity index (χ1n) is 6.45. The first-order chi connectivity index (χ1) is 10.2. The third kappa shape index (κ3) is 2.61. The number of nitrogen functional groups attached to an aromatic ring is 1. The van der Waals surface area contributed by atoms with Crippen LogP contribution in [0.25, 0.3) is 0 Å². The molecule has 0 aliphatic carbocycles. The molecule has 0 aromatic heterocycles. The molecule has 1 heterocycles. The quantitative estimate of drug-likeness (QED) is 0.595. The molecule has 0 bridgehead atoms. The lowest BCUT2D eigenvalue weighted by atomic mass is 10.1. The van der Waals surface area contributed by atoms with Crippen LogP contribution in [0.15, 0.2) is 36.4 Å². The Labute approximate surface area is 121 Å². The Balaban J connectivity index is 1.80. The molecule has 6 heteroatoms. The molecule has 1 aliphatic heterocycles. The van der Waals surface area contributed by atoms with E-state index in [0.29, 0.717) is 22.7 Å². The Hall–Kier alpha value is -2.73. The standard InChI is InChI=1S/C15H15N3O3/c1-9-6-11(18-16)2-4-12(9)15(19)17-10-3-5-13-14(7-10)21-8-20-13/h2-7,18H,8,16H2,1H3,(H,17,19). The number of carbonyl (C=O) groups excluding carboxylic acids is 1. The number of hydrogen-bond acceptors (Lipinski definition) is 5. The van der Waals surface area contributed by atoms with Crippen molar-refractivity contribution in [3.8, 4) is 11.5 Å². The molecule has 1 aliphatic rings. The fourth-order valence-electron chi connectivity index (χ4n) is 2.18. The van der Waals surface area contributed by atoms with Crippen LogP contribution < -0.4 is 26.1 Å². The lowest BCUT2D eigenvalue weighted by molar-refractivity contribution is 0.102. The minimum absolute atomic E-state index is 0.185. The molecule has 0 atom stereocenters. The second kappa shape index (κ2) is 5.34. The van der Waals surface area contributed by atoms with Crippen LogP contribution in [-0.2, 0) is 0 Å². The number of hydrogen-bond donors (Lipinski definition) is 3. The van der Waals surface area contributed by atoms with Crippen LogP contribution in [0, 0.1) is 6.92 Å². The van der Waals surface area contributed by atoms with Crippen LogP contribution in [0.3, 0.4) is 0 Å². The summed E-state index contributed by atoms with van der Waals surface area (Å²) in [5.74, 6) is 6.47. The zero-order chi connectivity index (χ0) is 14.8. The summed E-state index contributed by atoms with van der Waals surface area (Å²) >= 11 is 0. The van der Waals surface area contributed by atoms with Gasteiger partial charge >= 0.3 is 0 Å². The number of carbonyl (C=O) groups is 1. The second-order valence-corrected chi connectivity index (χ2v) is 4.70. The van der Waals surface area contributed by atoms with Gasteiger partial charge in [-0.1, -0.05) is 0 Å². The third-order valence-corrected chi connectivity index (χ3v) is 3.27. The SMILES string of the molecule is Cc1cc(NN)ccc1C(=O)Nc1ccc2c(c1)OCO2. The van der Waals surface area contributed by atoms with Crippen molar-refractivity contribution in [1.82, 2.24) is 0 Å². The second-order valence-electron chi connectivity index (χ2n) is 4.70. The van der Waals surface area contributed by atoms with E-state index in [1.165, 1.54) is 0 Å². The van der Waals surface area contributed by atoms with E-state index >= 15 is 0 Å². The summed E-state index contributed by atoms with van der Waals surface area (Å²) in [6.45, 7) is 2.06. The lowest BCUT2D eigenvalue weighted by Gasteiger charge is -2.10. The van der Waals surface area contributed by atoms with Crippen LogP contribution in [0.1, 0.15) is 15.9 Å². The smallest absolute Gasteiger partial charge is 0.255 e. The van der Waals surface area contributed by atoms with Gasteiger partial charge in [-0.15, -0.1) is 0 Å². The number of anilines is 2. The van der Waals surface area contributed by atoms with E-state index in [2.05, 4.69) is 10.7 Å². The summed E-state index contributed by atoms with van der Waals surface area (Å²) in [5.41, 5.74) is 5.39. The van der Waals surface area contributed by atoms with E-state index in [1.807, 2.05) is 13.0 Å². The molecule has 0 unspecified atom stereocenters. The molecule has 2 aromatic carbocycles. The maximum absolute atomic E-state index is 12.3. The van der Waals surface area contributed by atoms with E-state index in [1.54, 1.807) is 30.3 Å². The Morgan fingerprint density at radius 2 is 1.86 bits per heavy atom. The molecule has 21 heavy (non-hydrogen) atoms. The van der Waals surface area contributed by atoms with E-state index in [-0.39, 0.29) is 12.7 Å². The average Bonchev–Trinajstić information content (AvgIpc) is 2.94. The van der Waals surface area contributed by atoms with Crippen molar-refractivity contribution in [1.29, 1.82) is 0 Å². The van der Waals surface area contributed by atoms with Gasteiger partial charge in [-0.05, 0) is 42.8 Å². The Bertz CT molecular complexity index is 701. The lowest BCUT2D eigenvalue weighted by Crippen LogP contribution is -2.14. The summed E-state index contributed by atoms with van der Waals surface area (Å²) in [4.78, 5) is 12.3. The monoisotopic (exact) mass is 285 g/mol. The Morgan fingerprint density at radius 3 is 2.62 bits per heavy atom. The molecule has 0 radical (unpaired) electrons. The van der Waals surface area contributed by atoms with Crippen molar-refractivity contribution in [2.45, 2.75) is 6.92 Å². The highest BCUT2D eigenvalue weighted by Gasteiger charge is 2.15. The highest BCUT2D eigenvalue weighted by atomic mass is 16.7. The summed E-state index contributed by atoms with van der Waals surface area (Å²) in [5, 5.41) is 2.84. The van der Waals surface area contributed by atoms with Gasteiger partial charge in [0.15, 0.2) is 11.5 Å². The summed E-state index contributed by atoms with van der Waals surface area (Å²) in [7, 11) is 0. The topological polar surface area (TPSA) is 85.6 Å². The van der Waals surface area contributed by atoms with Gasteiger partial charge in [0.25, 0.3) is 5.91 Å². The molecular formula is C15H15N3O3. The number of amides is 1. The normalized spacial score (nSPS) is 12.1. The van der Waals surface area contributed by atoms with Crippen LogP contribution in [-0.4, -0.2) is 12.7 Å². The average molecular weight is 285 g/mol. The first kappa shape index (κ1) is 13.3. The van der Waals surface area contributed by atoms with Gasteiger partial charge in [-0.3, -0.25) is 10.6 Å². The van der Waals surface area contributed by atoms with Crippen molar-refractivity contribution in [3.63, 3.8) is 0 Å². The zero-order valence-corrected chi connectivity index (χ0v) is 11.5. The fraction of sp³-hybridized carbons (Fsp3) is 0.133. The van der Waals surface area contributed by atoms with E-state index in [4.69, 9.17) is 15.3 Å². The van der Waals surface area contributed by atoms with Crippen LogP contribution in [0.5, 0.6) is 11.5 Å². The van der Waals surface area contributed by atoms with Crippen molar-refractivity contribution >= 4 is 17.3 Å². The maximum Gasteiger partial charge on any atom is 0.255 e. The summed E-state index contributed by atoms with van der Waals surface area (Å²) < 4.78 is 10.5. The number of hydrazine groups is 1. The molecule has 0 fully saturated rings. The van der Waals surface area contributed by atoms with E-state index < -0.39 is 0 Å². The van der Waals surface area contributed by atoms with Gasteiger partial charge in [0.2, 0.25) is 6.79 Å². The fourth-order valence-corrected chi connectivity index (χ4v) is 2.18. The summed E-state index contributed by atoms with van der Waals surface area (Å²) in [6.07, 6.45) is 0. The third-order valence-electron chi connectivity index (χ3n) is 3.27. The molecule has 3 rings (SSSR count). The molecule has 108 valence electrons. The van der Waals surface area contributed by atoms with Gasteiger partial charge in [0.1, 0.15) is 0 Å². The highest BCUT2D eigenvalue weighted by Crippen LogP contribution is 2.34. The van der Waals surface area contributed by atoms with Crippen molar-refractivity contribution in [2.75, 3.05) is 17.5 Å². The number of nitrogens with one attached hydrogen (secondary N) is 2. The minimum atomic E-state index is -0.185. The molecule has 2 aromatic rings. The minimum Gasteiger partial charge on any atom is -0.454 e. The van der Waals surface area contributed by atoms with Crippen LogP contribution in [0.2, 0.25) is 0 Å². The van der Waals surface area contributed by atoms with Crippen molar-refractivity contribution < 1.29 is 14.3 Å². The van der Waals surface area contributed by atoms with Crippen molar-refractivity contribution in [2.24, 2.45) is 5.84 Å². The van der Waals surface area contributed by atoms with Gasteiger partial charge in [-0.25, -0.2) is 0 Å². The zero-order valence-electron chi connectivity index (χ0n) is 11.5. The number of rotatable bonds is 3. The molecule has 4 N–H and O–H groups in total. The Morgan fingerprint density at radius 1 is 1.10 bits per heavy atom. The van der Waals surface area contributed by atoms with E-state index in [0.717, 1.165) is 11.3 Å². The molecule has 0 saturated heterocycles. The van der Waals surface area contributed by atoms with E-state index in [9.17, 15) is 4.79 Å². The van der Waals surface area contributed by atoms with Crippen LogP contribution >= 0.6 is 0 Å². The molecule has 0 saturated carbocycles. The van der Waals surface area contributed by atoms with Gasteiger partial charge in [0, 0.05) is 23.0 Å². The number of benzene rings is 2. The highest BCUT2D eigenvalue weighted by molar-refractivity contribution is 6.05. The molecular weight excluding hydrogens is 270 g/mol. The maximum atomic E-state index is 12.3. The number of ether oxygens (including phenoxy) is 2. The largest absolute Gasteiger partial charge is 0.454 e. The summed E-state index contributed by atoms with van der Waals surface area (Å²) in [6, 6.07) is 10.6. The predicted molar refractivity (Wildman–Crippen MR) is 79.5 cm³/mol. The number of nitrogens with two attached hydrogens (primary N) is 1.